The summed E-state index contributed by atoms with van der Waals surface area (Å²) in [6, 6.07) is 7.53. The van der Waals surface area contributed by atoms with E-state index in [1.807, 2.05) is 24.3 Å². The summed E-state index contributed by atoms with van der Waals surface area (Å²) in [6.07, 6.45) is 2.26. The predicted molar refractivity (Wildman–Crippen MR) is 88.5 cm³/mol. The minimum absolute atomic E-state index is 0.0407. The largest absolute Gasteiger partial charge is 0.481 e. The molecule has 0 aliphatic carbocycles. The Hall–Kier alpha value is -2.04. The number of carbonyl (C=O) groups is 2. The van der Waals surface area contributed by atoms with E-state index in [0.717, 1.165) is 31.6 Å². The smallest absolute Gasteiger partial charge is 0.305 e. The zero-order valence-electron chi connectivity index (χ0n) is 13.7. The van der Waals surface area contributed by atoms with E-state index < -0.39 is 5.97 Å². The molecule has 5 heteroatoms. The highest BCUT2D eigenvalue weighted by molar-refractivity contribution is 5.94. The lowest BCUT2D eigenvalue weighted by Gasteiger charge is -2.23. The summed E-state index contributed by atoms with van der Waals surface area (Å²) in [6.45, 7) is 6.45. The van der Waals surface area contributed by atoms with E-state index in [4.69, 9.17) is 5.11 Å². The molecule has 0 aromatic heterocycles. The Bertz CT molecular complexity index is 485. The minimum atomic E-state index is -0.899. The summed E-state index contributed by atoms with van der Waals surface area (Å²) in [5.41, 5.74) is 1.70. The lowest BCUT2D eigenvalue weighted by molar-refractivity contribution is -0.137. The molecule has 0 aliphatic heterocycles. The van der Waals surface area contributed by atoms with Gasteiger partial charge < -0.3 is 14.9 Å². The number of benzene rings is 1. The minimum Gasteiger partial charge on any atom is -0.481 e. The van der Waals surface area contributed by atoms with E-state index in [0.29, 0.717) is 5.56 Å². The van der Waals surface area contributed by atoms with Crippen molar-refractivity contribution >= 4 is 17.6 Å². The van der Waals surface area contributed by atoms with Crippen LogP contribution in [0.25, 0.3) is 0 Å². The quantitative estimate of drug-likeness (QED) is 0.762. The van der Waals surface area contributed by atoms with Crippen LogP contribution in [0.4, 0.5) is 5.69 Å². The molecule has 0 spiro atoms. The summed E-state index contributed by atoms with van der Waals surface area (Å²) in [5.74, 6) is -1.05. The zero-order valence-corrected chi connectivity index (χ0v) is 13.7. The SMILES string of the molecule is CCCCN(CC)c1ccc(C(=O)N(C)CCC(=O)O)cc1. The first-order valence-electron chi connectivity index (χ1n) is 7.81. The molecule has 1 N–H and O–H groups in total. The topological polar surface area (TPSA) is 60.9 Å². The Morgan fingerprint density at radius 2 is 1.73 bits per heavy atom. The molecule has 0 unspecified atom stereocenters. The number of nitrogens with zero attached hydrogens (tertiary/aromatic N) is 2. The third-order valence-corrected chi connectivity index (χ3v) is 3.65. The Morgan fingerprint density at radius 1 is 1.09 bits per heavy atom. The highest BCUT2D eigenvalue weighted by atomic mass is 16.4. The second kappa shape index (κ2) is 9.07. The average molecular weight is 306 g/mol. The van der Waals surface area contributed by atoms with Gasteiger partial charge in [0.25, 0.3) is 5.91 Å². The molecule has 0 saturated carbocycles. The van der Waals surface area contributed by atoms with Gasteiger partial charge in [0, 0.05) is 37.9 Å². The van der Waals surface area contributed by atoms with Crippen molar-refractivity contribution in [3.63, 3.8) is 0 Å². The van der Waals surface area contributed by atoms with Crippen molar-refractivity contribution in [2.75, 3.05) is 31.6 Å². The highest BCUT2D eigenvalue weighted by Crippen LogP contribution is 2.17. The van der Waals surface area contributed by atoms with Gasteiger partial charge in [-0.05, 0) is 37.6 Å². The fraction of sp³-hybridized carbons (Fsp3) is 0.529. The van der Waals surface area contributed by atoms with Gasteiger partial charge in [-0.3, -0.25) is 9.59 Å². The summed E-state index contributed by atoms with van der Waals surface area (Å²) < 4.78 is 0. The first kappa shape index (κ1) is 18.0. The molecule has 1 amide bonds. The van der Waals surface area contributed by atoms with Gasteiger partial charge in [-0.25, -0.2) is 0 Å². The average Bonchev–Trinajstić information content (AvgIpc) is 2.53. The number of carbonyl (C=O) groups excluding carboxylic acids is 1. The number of hydrogen-bond acceptors (Lipinski definition) is 3. The number of hydrogen-bond donors (Lipinski definition) is 1. The second-order valence-corrected chi connectivity index (χ2v) is 5.35. The Labute approximate surface area is 132 Å². The zero-order chi connectivity index (χ0) is 16.5. The van der Waals surface area contributed by atoms with Gasteiger partial charge in [0.2, 0.25) is 0 Å². The van der Waals surface area contributed by atoms with Crippen LogP contribution in [-0.4, -0.2) is 48.6 Å². The standard InChI is InChI=1S/C17H26N2O3/c1-4-6-12-19(5-2)15-9-7-14(8-10-15)17(22)18(3)13-11-16(20)21/h7-10H,4-6,11-13H2,1-3H3,(H,20,21). The van der Waals surface area contributed by atoms with Crippen molar-refractivity contribution in [2.24, 2.45) is 0 Å². The van der Waals surface area contributed by atoms with Gasteiger partial charge in [0.15, 0.2) is 0 Å². The predicted octanol–water partition coefficient (Wildman–Crippen LogP) is 2.86. The fourth-order valence-corrected chi connectivity index (χ4v) is 2.22. The van der Waals surface area contributed by atoms with Crippen molar-refractivity contribution in [1.29, 1.82) is 0 Å². The molecule has 1 rings (SSSR count). The van der Waals surface area contributed by atoms with Crippen LogP contribution in [0.2, 0.25) is 0 Å². The van der Waals surface area contributed by atoms with Crippen LogP contribution in [0.5, 0.6) is 0 Å². The number of amides is 1. The highest BCUT2D eigenvalue weighted by Gasteiger charge is 2.13. The van der Waals surface area contributed by atoms with Gasteiger partial charge in [-0.1, -0.05) is 13.3 Å². The van der Waals surface area contributed by atoms with E-state index in [1.54, 1.807) is 7.05 Å². The third-order valence-electron chi connectivity index (χ3n) is 3.65. The van der Waals surface area contributed by atoms with Crippen LogP contribution >= 0.6 is 0 Å². The number of carboxylic acids is 1. The molecule has 0 heterocycles. The third kappa shape index (κ3) is 5.39. The summed E-state index contributed by atoms with van der Waals surface area (Å²) in [7, 11) is 1.62. The molecule has 0 bridgehead atoms. The first-order valence-corrected chi connectivity index (χ1v) is 7.81. The lowest BCUT2D eigenvalue weighted by Crippen LogP contribution is -2.29. The summed E-state index contributed by atoms with van der Waals surface area (Å²) in [5, 5.41) is 8.67. The summed E-state index contributed by atoms with van der Waals surface area (Å²) >= 11 is 0. The molecular formula is C17H26N2O3. The maximum Gasteiger partial charge on any atom is 0.305 e. The van der Waals surface area contributed by atoms with Gasteiger partial charge in [0.05, 0.1) is 6.42 Å². The van der Waals surface area contributed by atoms with Gasteiger partial charge in [0.1, 0.15) is 0 Å². The molecule has 0 aliphatic rings. The fourth-order valence-electron chi connectivity index (χ4n) is 2.22. The number of aliphatic carboxylic acids is 1. The number of carboxylic acid groups (broad SMARTS) is 1. The molecule has 122 valence electrons. The first-order chi connectivity index (χ1) is 10.5. The molecule has 0 saturated heterocycles. The van der Waals surface area contributed by atoms with Crippen molar-refractivity contribution in [1.82, 2.24) is 4.90 Å². The Kier molecular flexibility index (Phi) is 7.43. The van der Waals surface area contributed by atoms with Gasteiger partial charge in [-0.15, -0.1) is 0 Å². The monoisotopic (exact) mass is 306 g/mol. The molecule has 0 atom stereocenters. The molecule has 22 heavy (non-hydrogen) atoms. The normalized spacial score (nSPS) is 10.3. The van der Waals surface area contributed by atoms with Crippen LogP contribution in [-0.2, 0) is 4.79 Å². The van der Waals surface area contributed by atoms with Crippen molar-refractivity contribution in [3.8, 4) is 0 Å². The van der Waals surface area contributed by atoms with Crippen LogP contribution in [0.1, 0.15) is 43.5 Å². The van der Waals surface area contributed by atoms with Crippen molar-refractivity contribution < 1.29 is 14.7 Å². The maximum atomic E-state index is 12.2. The second-order valence-electron chi connectivity index (χ2n) is 5.35. The number of unbranched alkanes of at least 4 members (excludes halogenated alkanes) is 1. The van der Waals surface area contributed by atoms with E-state index >= 15 is 0 Å². The van der Waals surface area contributed by atoms with Crippen LogP contribution in [0.15, 0.2) is 24.3 Å². The van der Waals surface area contributed by atoms with E-state index in [-0.39, 0.29) is 18.9 Å². The Morgan fingerprint density at radius 3 is 2.23 bits per heavy atom. The van der Waals surface area contributed by atoms with Crippen LogP contribution < -0.4 is 4.90 Å². The van der Waals surface area contributed by atoms with E-state index in [9.17, 15) is 9.59 Å². The maximum absolute atomic E-state index is 12.2. The van der Waals surface area contributed by atoms with Crippen LogP contribution in [0.3, 0.4) is 0 Å². The van der Waals surface area contributed by atoms with Crippen molar-refractivity contribution in [2.45, 2.75) is 33.1 Å². The molecule has 5 nitrogen and oxygen atoms in total. The van der Waals surface area contributed by atoms with E-state index in [2.05, 4.69) is 18.7 Å². The number of rotatable bonds is 9. The van der Waals surface area contributed by atoms with Gasteiger partial charge in [-0.2, -0.15) is 0 Å². The molecular weight excluding hydrogens is 280 g/mol. The summed E-state index contributed by atoms with van der Waals surface area (Å²) in [4.78, 5) is 26.5. The van der Waals surface area contributed by atoms with Crippen LogP contribution in [0, 0.1) is 0 Å². The van der Waals surface area contributed by atoms with E-state index in [1.165, 1.54) is 4.90 Å². The Balaban J connectivity index is 2.70. The molecule has 1 aromatic carbocycles. The molecule has 1 aromatic rings. The van der Waals surface area contributed by atoms with Gasteiger partial charge >= 0.3 is 5.97 Å². The lowest BCUT2D eigenvalue weighted by atomic mass is 10.1. The van der Waals surface area contributed by atoms with Crippen molar-refractivity contribution in [3.05, 3.63) is 29.8 Å². The molecule has 0 radical (unpaired) electrons. The molecule has 0 fully saturated rings. The number of anilines is 1.